The predicted molar refractivity (Wildman–Crippen MR) is 151 cm³/mol. The van der Waals surface area contributed by atoms with Crippen molar-refractivity contribution in [3.63, 3.8) is 0 Å². The molecule has 1 aliphatic heterocycles. The molecule has 1 N–H and O–H groups in total. The normalized spacial score (nSPS) is 16.5. The number of methoxy groups -OCH3 is 2. The van der Waals surface area contributed by atoms with Crippen molar-refractivity contribution in [2.24, 2.45) is 0 Å². The van der Waals surface area contributed by atoms with Gasteiger partial charge in [0.05, 0.1) is 30.4 Å². The number of amides is 1. The van der Waals surface area contributed by atoms with Crippen molar-refractivity contribution in [2.75, 3.05) is 31.8 Å². The molecule has 1 amide bonds. The van der Waals surface area contributed by atoms with E-state index in [0.717, 1.165) is 35.7 Å². The SMILES string of the molecule is COc1cc2cc(C)c3nnc(SCC(=O)Nc4ccc(S(=O)(=O)N5CCCC[C@H]5C)cc4)n3c2cc1OC. The summed E-state index contributed by atoms with van der Waals surface area (Å²) in [5, 5.41) is 13.0. The van der Waals surface area contributed by atoms with E-state index in [1.807, 2.05) is 36.4 Å². The van der Waals surface area contributed by atoms with Crippen LogP contribution in [0.3, 0.4) is 0 Å². The number of carbonyl (C=O) groups excluding carboxylic acids is 1. The topological polar surface area (TPSA) is 115 Å². The summed E-state index contributed by atoms with van der Waals surface area (Å²) in [5.41, 5.74) is 2.99. The lowest BCUT2D eigenvalue weighted by molar-refractivity contribution is -0.113. The summed E-state index contributed by atoms with van der Waals surface area (Å²) in [6, 6.07) is 12.1. The number of ether oxygens (including phenoxy) is 2. The summed E-state index contributed by atoms with van der Waals surface area (Å²) in [7, 11) is -0.393. The lowest BCUT2D eigenvalue weighted by atomic mass is 10.1. The molecule has 0 saturated carbocycles. The molecule has 2 aromatic heterocycles. The van der Waals surface area contributed by atoms with E-state index in [1.54, 1.807) is 42.8 Å². The van der Waals surface area contributed by atoms with E-state index >= 15 is 0 Å². The van der Waals surface area contributed by atoms with Crippen molar-refractivity contribution in [3.05, 3.63) is 48.0 Å². The van der Waals surface area contributed by atoms with E-state index in [4.69, 9.17) is 9.47 Å². The van der Waals surface area contributed by atoms with Gasteiger partial charge in [-0.3, -0.25) is 9.20 Å². The Morgan fingerprint density at radius 3 is 2.49 bits per heavy atom. The maximum absolute atomic E-state index is 13.1. The minimum Gasteiger partial charge on any atom is -0.493 e. The summed E-state index contributed by atoms with van der Waals surface area (Å²) in [5.74, 6) is 1.05. The van der Waals surface area contributed by atoms with Crippen molar-refractivity contribution >= 4 is 49.9 Å². The molecule has 3 heterocycles. The smallest absolute Gasteiger partial charge is 0.243 e. The highest BCUT2D eigenvalue weighted by Crippen LogP contribution is 2.35. The number of hydrogen-bond donors (Lipinski definition) is 1. The maximum atomic E-state index is 13.1. The zero-order valence-electron chi connectivity index (χ0n) is 22.3. The Bertz CT molecular complexity index is 1640. The Balaban J connectivity index is 1.31. The first kappa shape index (κ1) is 27.2. The standard InChI is InChI=1S/C27H31N5O5S2/c1-17-13-19-14-23(36-3)24(37-4)15-22(19)32-26(17)29-30-27(32)38-16-25(33)28-20-8-10-21(11-9-20)39(34,35)31-12-6-5-7-18(31)2/h8-11,13-15,18H,5-7,12,16H2,1-4H3,(H,28,33)/t18-/m1/s1. The molecule has 4 aromatic rings. The van der Waals surface area contributed by atoms with Crippen LogP contribution in [0.25, 0.3) is 16.6 Å². The Labute approximate surface area is 231 Å². The first-order valence-corrected chi connectivity index (χ1v) is 15.1. The van der Waals surface area contributed by atoms with E-state index in [0.29, 0.717) is 34.5 Å². The second-order valence-electron chi connectivity index (χ2n) is 9.56. The molecule has 1 atom stereocenters. The number of pyridine rings is 1. The van der Waals surface area contributed by atoms with Crippen LogP contribution in [0.5, 0.6) is 11.5 Å². The van der Waals surface area contributed by atoms with Gasteiger partial charge >= 0.3 is 0 Å². The fraction of sp³-hybridized carbons (Fsp3) is 0.370. The molecule has 5 rings (SSSR count). The molecule has 1 saturated heterocycles. The van der Waals surface area contributed by atoms with Crippen LogP contribution >= 0.6 is 11.8 Å². The van der Waals surface area contributed by atoms with Crippen molar-refractivity contribution in [1.29, 1.82) is 0 Å². The Morgan fingerprint density at radius 2 is 1.79 bits per heavy atom. The van der Waals surface area contributed by atoms with E-state index in [2.05, 4.69) is 15.5 Å². The zero-order valence-corrected chi connectivity index (χ0v) is 23.9. The number of nitrogens with one attached hydrogen (secondary N) is 1. The molecular formula is C27H31N5O5S2. The highest BCUT2D eigenvalue weighted by Gasteiger charge is 2.30. The minimum absolute atomic E-state index is 0.0163. The number of aromatic nitrogens is 3. The number of benzene rings is 2. The molecule has 2 aromatic carbocycles. The zero-order chi connectivity index (χ0) is 27.7. The number of nitrogens with zero attached hydrogens (tertiary/aromatic N) is 4. The number of hydrogen-bond acceptors (Lipinski definition) is 8. The summed E-state index contributed by atoms with van der Waals surface area (Å²) in [6.07, 6.45) is 2.77. The number of rotatable bonds is 8. The second kappa shape index (κ2) is 11.0. The molecule has 12 heteroatoms. The van der Waals surface area contributed by atoms with Gasteiger partial charge in [0.25, 0.3) is 0 Å². The Morgan fingerprint density at radius 1 is 1.08 bits per heavy atom. The monoisotopic (exact) mass is 569 g/mol. The molecular weight excluding hydrogens is 538 g/mol. The van der Waals surface area contributed by atoms with Crippen molar-refractivity contribution in [3.8, 4) is 11.5 Å². The molecule has 0 radical (unpaired) electrons. The number of fused-ring (bicyclic) bond motifs is 3. The number of anilines is 1. The molecule has 39 heavy (non-hydrogen) atoms. The van der Waals surface area contributed by atoms with Gasteiger partial charge in [0.2, 0.25) is 15.9 Å². The lowest BCUT2D eigenvalue weighted by Crippen LogP contribution is -2.41. The van der Waals surface area contributed by atoms with E-state index in [-0.39, 0.29) is 22.6 Å². The number of sulfonamides is 1. The van der Waals surface area contributed by atoms with Gasteiger partial charge < -0.3 is 14.8 Å². The average molecular weight is 570 g/mol. The molecule has 10 nitrogen and oxygen atoms in total. The van der Waals surface area contributed by atoms with Gasteiger partial charge in [0, 0.05) is 29.7 Å². The van der Waals surface area contributed by atoms with E-state index in [1.165, 1.54) is 11.8 Å². The van der Waals surface area contributed by atoms with Gasteiger partial charge in [-0.1, -0.05) is 18.2 Å². The van der Waals surface area contributed by atoms with Crippen LogP contribution < -0.4 is 14.8 Å². The van der Waals surface area contributed by atoms with Gasteiger partial charge in [0.15, 0.2) is 22.3 Å². The number of aryl methyl sites for hydroxylation is 1. The van der Waals surface area contributed by atoms with Crippen molar-refractivity contribution in [1.82, 2.24) is 18.9 Å². The molecule has 1 aliphatic rings. The van der Waals surface area contributed by atoms with Gasteiger partial charge in [-0.15, -0.1) is 10.2 Å². The summed E-state index contributed by atoms with van der Waals surface area (Å²) >= 11 is 1.26. The minimum atomic E-state index is -3.57. The third kappa shape index (κ3) is 5.28. The molecule has 1 fully saturated rings. The summed E-state index contributed by atoms with van der Waals surface area (Å²) in [4.78, 5) is 13.0. The van der Waals surface area contributed by atoms with Crippen molar-refractivity contribution < 1.29 is 22.7 Å². The van der Waals surface area contributed by atoms with E-state index < -0.39 is 10.0 Å². The molecule has 0 spiro atoms. The molecule has 0 aliphatic carbocycles. The summed E-state index contributed by atoms with van der Waals surface area (Å²) < 4.78 is 40.5. The van der Waals surface area contributed by atoms with Gasteiger partial charge in [0.1, 0.15) is 0 Å². The van der Waals surface area contributed by atoms with Crippen LogP contribution in [-0.4, -0.2) is 65.8 Å². The van der Waals surface area contributed by atoms with Crippen LogP contribution in [0.2, 0.25) is 0 Å². The molecule has 0 bridgehead atoms. The largest absolute Gasteiger partial charge is 0.493 e. The van der Waals surface area contributed by atoms with Crippen LogP contribution in [0, 0.1) is 6.92 Å². The number of piperidine rings is 1. The quantitative estimate of drug-likeness (QED) is 0.309. The highest BCUT2D eigenvalue weighted by molar-refractivity contribution is 7.99. The summed E-state index contributed by atoms with van der Waals surface area (Å²) in [6.45, 7) is 4.43. The number of carbonyl (C=O) groups is 1. The van der Waals surface area contributed by atoms with Crippen LogP contribution in [0.15, 0.2) is 52.5 Å². The first-order valence-electron chi connectivity index (χ1n) is 12.7. The van der Waals surface area contributed by atoms with E-state index in [9.17, 15) is 13.2 Å². The van der Waals surface area contributed by atoms with Crippen LogP contribution in [0.4, 0.5) is 5.69 Å². The molecule has 0 unspecified atom stereocenters. The van der Waals surface area contributed by atoms with Gasteiger partial charge in [-0.05, 0) is 68.7 Å². The Kier molecular flexibility index (Phi) is 7.70. The van der Waals surface area contributed by atoms with Gasteiger partial charge in [-0.25, -0.2) is 8.42 Å². The fourth-order valence-electron chi connectivity index (χ4n) is 4.93. The first-order chi connectivity index (χ1) is 18.7. The van der Waals surface area contributed by atoms with Gasteiger partial charge in [-0.2, -0.15) is 4.31 Å². The molecule has 206 valence electrons. The third-order valence-corrected chi connectivity index (χ3v) is 9.91. The van der Waals surface area contributed by atoms with Crippen LogP contribution in [0.1, 0.15) is 31.7 Å². The maximum Gasteiger partial charge on any atom is 0.243 e. The predicted octanol–water partition coefficient (Wildman–Crippen LogP) is 4.50. The fourth-order valence-corrected chi connectivity index (χ4v) is 7.37. The lowest BCUT2D eigenvalue weighted by Gasteiger charge is -2.32. The van der Waals surface area contributed by atoms with Crippen molar-refractivity contribution in [2.45, 2.75) is 49.2 Å². The van der Waals surface area contributed by atoms with Crippen LogP contribution in [-0.2, 0) is 14.8 Å². The number of thioether (sulfide) groups is 1. The average Bonchev–Trinajstić information content (AvgIpc) is 3.37. The highest BCUT2D eigenvalue weighted by atomic mass is 32.2. The second-order valence-corrected chi connectivity index (χ2v) is 12.4. The Hall–Kier alpha value is -3.35. The third-order valence-electron chi connectivity index (χ3n) is 6.95.